The van der Waals surface area contributed by atoms with Gasteiger partial charge in [-0.05, 0) is 0 Å². The van der Waals surface area contributed by atoms with Gasteiger partial charge in [-0.3, -0.25) is 0 Å². The van der Waals surface area contributed by atoms with Gasteiger partial charge < -0.3 is 5.11 Å². The van der Waals surface area contributed by atoms with Gasteiger partial charge in [0.1, 0.15) is 0 Å². The third-order valence-corrected chi connectivity index (χ3v) is 2.27. The molecular weight excluding hydrogens is 198 g/mol. The number of halogens is 3. The second-order valence-electron chi connectivity index (χ2n) is 1.62. The van der Waals surface area contributed by atoms with Gasteiger partial charge in [0, 0.05) is 0 Å². The van der Waals surface area contributed by atoms with Crippen LogP contribution >= 0.6 is 34.8 Å². The van der Waals surface area contributed by atoms with Gasteiger partial charge in [-0.1, -0.05) is 29.8 Å². The topological polar surface area (TPSA) is 37.3 Å². The van der Waals surface area contributed by atoms with Gasteiger partial charge in [0.05, 0.1) is 11.5 Å². The molecule has 0 unspecified atom stereocenters. The molecule has 0 saturated heterocycles. The smallest absolute Gasteiger partial charge is 0.334 e. The van der Waals surface area contributed by atoms with E-state index in [0.717, 1.165) is 0 Å². The van der Waals surface area contributed by atoms with Crippen molar-refractivity contribution in [2.24, 2.45) is 0 Å². The van der Waals surface area contributed by atoms with Gasteiger partial charge in [-0.25, -0.2) is 4.79 Å². The highest BCUT2D eigenvalue weighted by molar-refractivity contribution is 6.55. The van der Waals surface area contributed by atoms with Crippen LogP contribution in [0.1, 0.15) is 0 Å². The minimum atomic E-state index is -1.56. The van der Waals surface area contributed by atoms with Gasteiger partial charge in [0.2, 0.25) is 0 Å². The molecule has 0 radical (unpaired) electrons. The van der Waals surface area contributed by atoms with Crippen LogP contribution in [0.3, 0.4) is 0 Å². The monoisotopic (exact) mass is 202 g/mol. The molecule has 0 heterocycles. The highest BCUT2D eigenvalue weighted by atomic mass is 35.5. The molecule has 5 heteroatoms. The molecule has 0 aliphatic rings. The Bertz CT molecular complexity index is 164. The second kappa shape index (κ2) is 3.46. The molecule has 0 spiro atoms. The number of hydrogen-bond acceptors (Lipinski definition) is 1. The third kappa shape index (κ3) is 2.37. The fourth-order valence-corrected chi connectivity index (χ4v) is 0.560. The van der Waals surface area contributed by atoms with Crippen molar-refractivity contribution in [2.75, 3.05) is 5.88 Å². The van der Waals surface area contributed by atoms with E-state index in [0.29, 0.717) is 0 Å². The fraction of sp³-hybridized carbons (Fsp3) is 0.400. The number of carboxylic acid groups (broad SMARTS) is 1. The van der Waals surface area contributed by atoms with E-state index in [2.05, 4.69) is 6.58 Å². The van der Waals surface area contributed by atoms with E-state index in [4.69, 9.17) is 39.9 Å². The van der Waals surface area contributed by atoms with E-state index in [-0.39, 0.29) is 11.5 Å². The Morgan fingerprint density at radius 2 is 2.00 bits per heavy atom. The Morgan fingerprint density at radius 3 is 2.10 bits per heavy atom. The first-order chi connectivity index (χ1) is 4.41. The van der Waals surface area contributed by atoms with Crippen molar-refractivity contribution in [1.82, 2.24) is 0 Å². The van der Waals surface area contributed by atoms with Crippen LogP contribution < -0.4 is 0 Å². The zero-order valence-corrected chi connectivity index (χ0v) is 7.17. The highest BCUT2D eigenvalue weighted by Crippen LogP contribution is 2.30. The molecule has 0 saturated carbocycles. The summed E-state index contributed by atoms with van der Waals surface area (Å²) in [6.07, 6.45) is 0. The second-order valence-corrected chi connectivity index (χ2v) is 3.37. The van der Waals surface area contributed by atoms with Gasteiger partial charge >= 0.3 is 5.97 Å². The van der Waals surface area contributed by atoms with Gasteiger partial charge in [-0.2, -0.15) is 0 Å². The predicted molar refractivity (Wildman–Crippen MR) is 41.9 cm³/mol. The van der Waals surface area contributed by atoms with Crippen molar-refractivity contribution in [1.29, 1.82) is 0 Å². The summed E-state index contributed by atoms with van der Waals surface area (Å²) in [5, 5.41) is 8.32. The molecule has 0 bridgehead atoms. The van der Waals surface area contributed by atoms with E-state index >= 15 is 0 Å². The molecule has 0 rings (SSSR count). The quantitative estimate of drug-likeness (QED) is 0.563. The van der Waals surface area contributed by atoms with Crippen LogP contribution in [0.5, 0.6) is 0 Å². The van der Waals surface area contributed by atoms with Crippen LogP contribution in [-0.2, 0) is 4.79 Å². The number of carbonyl (C=O) groups is 1. The lowest BCUT2D eigenvalue weighted by atomic mass is 10.2. The van der Waals surface area contributed by atoms with Crippen LogP contribution in [0.2, 0.25) is 0 Å². The van der Waals surface area contributed by atoms with Crippen molar-refractivity contribution < 1.29 is 9.90 Å². The Hall–Kier alpha value is 0.0800. The zero-order valence-electron chi connectivity index (χ0n) is 4.90. The maximum absolute atomic E-state index is 10.2. The van der Waals surface area contributed by atoms with Crippen molar-refractivity contribution in [3.05, 3.63) is 12.2 Å². The predicted octanol–water partition coefficient (Wildman–Crippen LogP) is 2.04. The van der Waals surface area contributed by atoms with Crippen LogP contribution in [0.25, 0.3) is 0 Å². The molecule has 10 heavy (non-hydrogen) atoms. The van der Waals surface area contributed by atoms with E-state index in [1.54, 1.807) is 0 Å². The van der Waals surface area contributed by atoms with E-state index in [1.165, 1.54) is 0 Å². The Kier molecular flexibility index (Phi) is 3.49. The van der Waals surface area contributed by atoms with Crippen LogP contribution in [0.4, 0.5) is 0 Å². The Balaban J connectivity index is 4.33. The summed E-state index contributed by atoms with van der Waals surface area (Å²) in [5.41, 5.74) is -0.314. The molecule has 2 nitrogen and oxygen atoms in total. The number of hydrogen-bond donors (Lipinski definition) is 1. The average Bonchev–Trinajstić information content (AvgIpc) is 1.86. The first-order valence-electron chi connectivity index (χ1n) is 2.28. The van der Waals surface area contributed by atoms with E-state index in [9.17, 15) is 4.79 Å². The van der Waals surface area contributed by atoms with Crippen LogP contribution in [0.15, 0.2) is 12.2 Å². The summed E-state index contributed by atoms with van der Waals surface area (Å²) in [7, 11) is 0. The average molecular weight is 203 g/mol. The van der Waals surface area contributed by atoms with Crippen molar-refractivity contribution in [2.45, 2.75) is 4.33 Å². The molecule has 0 aliphatic heterocycles. The molecular formula is C5H5Cl3O2. The Morgan fingerprint density at radius 1 is 1.60 bits per heavy atom. The SMILES string of the molecule is C=C(C(=O)O)C(Cl)(Cl)CCl. The molecule has 0 aliphatic carbocycles. The molecule has 0 aromatic heterocycles. The molecule has 1 N–H and O–H groups in total. The molecule has 0 aromatic carbocycles. The maximum Gasteiger partial charge on any atom is 0.334 e. The molecule has 0 aromatic rings. The standard InChI is InChI=1S/C5H5Cl3O2/c1-3(4(9)10)5(7,8)2-6/h1-2H2,(H,9,10). The maximum atomic E-state index is 10.2. The number of aliphatic carboxylic acids is 1. The molecule has 0 atom stereocenters. The lowest BCUT2D eigenvalue weighted by molar-refractivity contribution is -0.132. The van der Waals surface area contributed by atoms with Crippen LogP contribution in [-0.4, -0.2) is 21.3 Å². The lowest BCUT2D eigenvalue weighted by Crippen LogP contribution is -2.23. The van der Waals surface area contributed by atoms with Gasteiger partial charge in [0.25, 0.3) is 0 Å². The minimum absolute atomic E-state index is 0.193. The summed E-state index contributed by atoms with van der Waals surface area (Å²) in [6, 6.07) is 0. The zero-order chi connectivity index (χ0) is 8.36. The van der Waals surface area contributed by atoms with Crippen LogP contribution in [0, 0.1) is 0 Å². The summed E-state index contributed by atoms with van der Waals surface area (Å²) in [5.74, 6) is -1.44. The lowest BCUT2D eigenvalue weighted by Gasteiger charge is -2.14. The summed E-state index contributed by atoms with van der Waals surface area (Å²) in [6.45, 7) is 3.15. The number of carboxylic acids is 1. The first kappa shape index (κ1) is 10.1. The number of alkyl halides is 3. The third-order valence-electron chi connectivity index (χ3n) is 0.867. The normalized spacial score (nSPS) is 11.1. The summed E-state index contributed by atoms with van der Waals surface area (Å²) < 4.78 is -1.56. The molecule has 0 fully saturated rings. The van der Waals surface area contributed by atoms with Gasteiger partial charge in [-0.15, -0.1) is 11.6 Å². The van der Waals surface area contributed by atoms with Crippen molar-refractivity contribution >= 4 is 40.8 Å². The highest BCUT2D eigenvalue weighted by Gasteiger charge is 2.31. The minimum Gasteiger partial charge on any atom is -0.478 e. The Labute approximate surface area is 73.4 Å². The van der Waals surface area contributed by atoms with E-state index in [1.807, 2.05) is 0 Å². The first-order valence-corrected chi connectivity index (χ1v) is 3.57. The molecule has 58 valence electrons. The summed E-state index contributed by atoms with van der Waals surface area (Å²) >= 11 is 16.1. The number of rotatable bonds is 3. The van der Waals surface area contributed by atoms with E-state index < -0.39 is 10.3 Å². The molecule has 0 amide bonds. The van der Waals surface area contributed by atoms with Crippen molar-refractivity contribution in [3.63, 3.8) is 0 Å². The van der Waals surface area contributed by atoms with Crippen molar-refractivity contribution in [3.8, 4) is 0 Å². The van der Waals surface area contributed by atoms with Gasteiger partial charge in [0.15, 0.2) is 4.33 Å². The summed E-state index contributed by atoms with van der Waals surface area (Å²) in [4.78, 5) is 10.2. The fourth-order valence-electron chi connectivity index (χ4n) is 0.237. The largest absolute Gasteiger partial charge is 0.478 e.